The minimum atomic E-state index is -4.45. The Morgan fingerprint density at radius 3 is 2.68 bits per heavy atom. The molecular weight excluding hydrogens is 337 g/mol. The molecule has 0 aliphatic heterocycles. The van der Waals surface area contributed by atoms with Gasteiger partial charge in [-0.25, -0.2) is 9.97 Å². The van der Waals surface area contributed by atoms with Gasteiger partial charge in [-0.1, -0.05) is 0 Å². The maximum Gasteiger partial charge on any atom is 0.422 e. The zero-order valence-electron chi connectivity index (χ0n) is 13.6. The Bertz CT molecular complexity index is 765. The number of rotatable bonds is 5. The number of nitrogens with two attached hydrogens (primary N) is 1. The molecule has 0 aliphatic rings. The van der Waals surface area contributed by atoms with Crippen LogP contribution in [0, 0.1) is 6.92 Å². The highest BCUT2D eigenvalue weighted by atomic mass is 19.4. The van der Waals surface area contributed by atoms with Gasteiger partial charge in [0.25, 0.3) is 5.91 Å². The summed E-state index contributed by atoms with van der Waals surface area (Å²) >= 11 is 0. The summed E-state index contributed by atoms with van der Waals surface area (Å²) in [4.78, 5) is 19.9. The Labute approximate surface area is 142 Å². The number of aromatic nitrogens is 2. The molecular formula is C16H17F3N4O2. The molecule has 6 nitrogen and oxygen atoms in total. The van der Waals surface area contributed by atoms with Crippen molar-refractivity contribution in [1.82, 2.24) is 15.3 Å². The molecule has 2 aromatic heterocycles. The zero-order valence-corrected chi connectivity index (χ0v) is 13.6. The summed E-state index contributed by atoms with van der Waals surface area (Å²) in [6.07, 6.45) is -1.75. The number of alkyl halides is 3. The van der Waals surface area contributed by atoms with Gasteiger partial charge < -0.3 is 15.8 Å². The van der Waals surface area contributed by atoms with Gasteiger partial charge in [0.2, 0.25) is 5.88 Å². The summed E-state index contributed by atoms with van der Waals surface area (Å²) in [6, 6.07) is 4.45. The second kappa shape index (κ2) is 7.37. The van der Waals surface area contributed by atoms with Gasteiger partial charge in [0, 0.05) is 18.0 Å². The Balaban J connectivity index is 2.05. The number of hydrogen-bond acceptors (Lipinski definition) is 5. The smallest absolute Gasteiger partial charge is 0.422 e. The quantitative estimate of drug-likeness (QED) is 0.862. The first-order chi connectivity index (χ1) is 11.7. The number of carbonyl (C=O) groups excluding carboxylic acids is 1. The highest BCUT2D eigenvalue weighted by molar-refractivity contribution is 5.94. The highest BCUT2D eigenvalue weighted by Gasteiger charge is 2.29. The van der Waals surface area contributed by atoms with E-state index in [2.05, 4.69) is 20.0 Å². The van der Waals surface area contributed by atoms with Gasteiger partial charge in [-0.15, -0.1) is 0 Å². The number of halogens is 3. The summed E-state index contributed by atoms with van der Waals surface area (Å²) in [5.74, 6) is -0.244. The molecule has 0 radical (unpaired) electrons. The average Bonchev–Trinajstić information content (AvgIpc) is 2.52. The van der Waals surface area contributed by atoms with E-state index >= 15 is 0 Å². The summed E-state index contributed by atoms with van der Waals surface area (Å²) in [5, 5.41) is 2.76. The van der Waals surface area contributed by atoms with E-state index < -0.39 is 18.7 Å². The number of ether oxygens (including phenoxy) is 1. The van der Waals surface area contributed by atoms with Gasteiger partial charge in [-0.05, 0) is 37.6 Å². The zero-order chi connectivity index (χ0) is 18.6. The Hall–Kier alpha value is -2.84. The average molecular weight is 354 g/mol. The van der Waals surface area contributed by atoms with Crippen molar-refractivity contribution >= 4 is 11.7 Å². The van der Waals surface area contributed by atoms with E-state index in [9.17, 15) is 18.0 Å². The van der Waals surface area contributed by atoms with Crippen LogP contribution in [0.15, 0.2) is 30.6 Å². The van der Waals surface area contributed by atoms with Gasteiger partial charge in [0.15, 0.2) is 6.61 Å². The lowest BCUT2D eigenvalue weighted by Crippen LogP contribution is -2.27. The number of hydrogen-bond donors (Lipinski definition) is 2. The molecule has 0 bridgehead atoms. The van der Waals surface area contributed by atoms with Crippen molar-refractivity contribution in [1.29, 1.82) is 0 Å². The SMILES string of the molecule is Cc1cc(C(=O)NC(C)c2ccnc(N)c2)cnc1OCC(F)(F)F. The topological polar surface area (TPSA) is 90.1 Å². The molecule has 1 amide bonds. The van der Waals surface area contributed by atoms with E-state index in [4.69, 9.17) is 5.73 Å². The van der Waals surface area contributed by atoms with Crippen molar-refractivity contribution in [2.24, 2.45) is 0 Å². The molecule has 9 heteroatoms. The number of nitrogens with one attached hydrogen (secondary N) is 1. The van der Waals surface area contributed by atoms with Crippen LogP contribution in [0.25, 0.3) is 0 Å². The Kier molecular flexibility index (Phi) is 5.45. The molecule has 0 aliphatic carbocycles. The molecule has 0 saturated carbocycles. The fourth-order valence-electron chi connectivity index (χ4n) is 2.09. The first-order valence-corrected chi connectivity index (χ1v) is 7.34. The first-order valence-electron chi connectivity index (χ1n) is 7.34. The fraction of sp³-hybridized carbons (Fsp3) is 0.312. The van der Waals surface area contributed by atoms with E-state index in [1.165, 1.54) is 25.4 Å². The molecule has 2 rings (SSSR count). The molecule has 3 N–H and O–H groups in total. The molecule has 1 atom stereocenters. The maximum absolute atomic E-state index is 12.3. The summed E-state index contributed by atoms with van der Waals surface area (Å²) < 4.78 is 41.2. The lowest BCUT2D eigenvalue weighted by atomic mass is 10.1. The number of nitrogens with zero attached hydrogens (tertiary/aromatic N) is 2. The van der Waals surface area contributed by atoms with Crippen LogP contribution < -0.4 is 15.8 Å². The van der Waals surface area contributed by atoms with Crippen LogP contribution >= 0.6 is 0 Å². The van der Waals surface area contributed by atoms with E-state index in [1.54, 1.807) is 19.1 Å². The van der Waals surface area contributed by atoms with E-state index in [0.29, 0.717) is 11.4 Å². The lowest BCUT2D eigenvalue weighted by Gasteiger charge is -2.15. The number of aryl methyl sites for hydroxylation is 1. The second-order valence-electron chi connectivity index (χ2n) is 5.46. The molecule has 0 aromatic carbocycles. The Morgan fingerprint density at radius 2 is 2.08 bits per heavy atom. The van der Waals surface area contributed by atoms with Crippen LogP contribution in [-0.2, 0) is 0 Å². The van der Waals surface area contributed by atoms with Crippen molar-refractivity contribution < 1.29 is 22.7 Å². The second-order valence-corrected chi connectivity index (χ2v) is 5.46. The largest absolute Gasteiger partial charge is 0.468 e. The van der Waals surface area contributed by atoms with E-state index in [0.717, 1.165) is 5.56 Å². The van der Waals surface area contributed by atoms with Gasteiger partial charge in [0.05, 0.1) is 11.6 Å². The molecule has 1 unspecified atom stereocenters. The van der Waals surface area contributed by atoms with E-state index in [-0.39, 0.29) is 17.5 Å². The van der Waals surface area contributed by atoms with Crippen LogP contribution in [0.2, 0.25) is 0 Å². The fourth-order valence-corrected chi connectivity index (χ4v) is 2.09. The first kappa shape index (κ1) is 18.5. The summed E-state index contributed by atoms with van der Waals surface area (Å²) in [5.41, 5.74) is 6.92. The lowest BCUT2D eigenvalue weighted by molar-refractivity contribution is -0.154. The van der Waals surface area contributed by atoms with Crippen molar-refractivity contribution in [3.8, 4) is 5.88 Å². The Morgan fingerprint density at radius 1 is 1.36 bits per heavy atom. The summed E-state index contributed by atoms with van der Waals surface area (Å²) in [7, 11) is 0. The molecule has 2 aromatic rings. The molecule has 0 fully saturated rings. The molecule has 0 spiro atoms. The van der Waals surface area contributed by atoms with Gasteiger partial charge in [-0.2, -0.15) is 13.2 Å². The predicted molar refractivity (Wildman–Crippen MR) is 85.1 cm³/mol. The van der Waals surface area contributed by atoms with Crippen molar-refractivity contribution in [3.63, 3.8) is 0 Å². The third-order valence-corrected chi connectivity index (χ3v) is 3.32. The normalized spacial score (nSPS) is 12.5. The number of anilines is 1. The maximum atomic E-state index is 12.3. The minimum Gasteiger partial charge on any atom is -0.468 e. The van der Waals surface area contributed by atoms with Crippen LogP contribution in [0.3, 0.4) is 0 Å². The third kappa shape index (κ3) is 5.33. The molecule has 2 heterocycles. The van der Waals surface area contributed by atoms with Crippen LogP contribution in [-0.4, -0.2) is 28.7 Å². The number of amides is 1. The molecule has 134 valence electrons. The highest BCUT2D eigenvalue weighted by Crippen LogP contribution is 2.21. The van der Waals surface area contributed by atoms with Crippen LogP contribution in [0.1, 0.15) is 34.5 Å². The minimum absolute atomic E-state index is 0.163. The molecule has 25 heavy (non-hydrogen) atoms. The van der Waals surface area contributed by atoms with Crippen molar-refractivity contribution in [3.05, 3.63) is 47.3 Å². The summed E-state index contributed by atoms with van der Waals surface area (Å²) in [6.45, 7) is 1.85. The van der Waals surface area contributed by atoms with Gasteiger partial charge in [0.1, 0.15) is 5.82 Å². The predicted octanol–water partition coefficient (Wildman–Crippen LogP) is 2.80. The van der Waals surface area contributed by atoms with Gasteiger partial charge in [-0.3, -0.25) is 4.79 Å². The van der Waals surface area contributed by atoms with Crippen LogP contribution in [0.5, 0.6) is 5.88 Å². The standard InChI is InChI=1S/C16H17F3N4O2/c1-9-5-12(7-22-15(9)25-8-16(17,18)19)14(24)23-10(2)11-3-4-21-13(20)6-11/h3-7,10H,8H2,1-2H3,(H2,20,21)(H,23,24). The van der Waals surface area contributed by atoms with E-state index in [1.807, 2.05) is 0 Å². The third-order valence-electron chi connectivity index (χ3n) is 3.32. The van der Waals surface area contributed by atoms with Crippen molar-refractivity contribution in [2.75, 3.05) is 12.3 Å². The molecule has 0 saturated heterocycles. The number of pyridine rings is 2. The monoisotopic (exact) mass is 354 g/mol. The van der Waals surface area contributed by atoms with Gasteiger partial charge >= 0.3 is 6.18 Å². The van der Waals surface area contributed by atoms with Crippen molar-refractivity contribution in [2.45, 2.75) is 26.1 Å². The number of nitrogen functional groups attached to an aromatic ring is 1. The number of carbonyl (C=O) groups is 1. The van der Waals surface area contributed by atoms with Crippen LogP contribution in [0.4, 0.5) is 19.0 Å².